The number of anilines is 1. The van der Waals surface area contributed by atoms with E-state index in [0.717, 1.165) is 6.07 Å². The van der Waals surface area contributed by atoms with Gasteiger partial charge in [-0.2, -0.15) is 22.7 Å². The van der Waals surface area contributed by atoms with Gasteiger partial charge in [-0.3, -0.25) is 4.79 Å². The molecular formula is C17H9BrF3N5OS. The number of carbonyl (C=O) groups is 1. The van der Waals surface area contributed by atoms with Gasteiger partial charge in [0.25, 0.3) is 11.7 Å². The van der Waals surface area contributed by atoms with Crippen LogP contribution in [0.25, 0.3) is 16.3 Å². The number of nitrogens with zero attached hydrogens (tertiary/aromatic N) is 4. The van der Waals surface area contributed by atoms with Crippen molar-refractivity contribution in [3.05, 3.63) is 63.8 Å². The highest BCUT2D eigenvalue weighted by Crippen LogP contribution is 2.33. The van der Waals surface area contributed by atoms with Gasteiger partial charge in [-0.1, -0.05) is 18.2 Å². The second-order valence-corrected chi connectivity index (χ2v) is 7.38. The molecule has 0 aliphatic carbocycles. The van der Waals surface area contributed by atoms with Crippen molar-refractivity contribution in [2.24, 2.45) is 0 Å². The van der Waals surface area contributed by atoms with E-state index in [1.54, 1.807) is 41.8 Å². The molecule has 0 bridgehead atoms. The normalized spacial score (nSPS) is 11.7. The molecule has 0 saturated heterocycles. The zero-order valence-corrected chi connectivity index (χ0v) is 16.1. The van der Waals surface area contributed by atoms with Gasteiger partial charge in [0.15, 0.2) is 5.69 Å². The zero-order chi connectivity index (χ0) is 19.9. The van der Waals surface area contributed by atoms with Crippen molar-refractivity contribution >= 4 is 44.6 Å². The molecule has 1 amide bonds. The van der Waals surface area contributed by atoms with Gasteiger partial charge in [0.2, 0.25) is 5.82 Å². The summed E-state index contributed by atoms with van der Waals surface area (Å²) in [5.41, 5.74) is -0.511. The molecule has 4 aromatic rings. The summed E-state index contributed by atoms with van der Waals surface area (Å²) in [6, 6.07) is 11.1. The molecule has 0 unspecified atom stereocenters. The van der Waals surface area contributed by atoms with E-state index in [1.165, 1.54) is 11.3 Å². The molecule has 4 rings (SSSR count). The molecule has 3 aromatic heterocycles. The predicted molar refractivity (Wildman–Crippen MR) is 101 cm³/mol. The fourth-order valence-electron chi connectivity index (χ4n) is 2.46. The lowest BCUT2D eigenvalue weighted by Crippen LogP contribution is -2.16. The first-order chi connectivity index (χ1) is 13.3. The molecule has 3 heterocycles. The SMILES string of the molecule is O=C(Nc1ccccc1Br)c1nc2nc(-c3cccs3)cc(C(F)(F)F)n2n1. The molecule has 0 spiro atoms. The third-order valence-electron chi connectivity index (χ3n) is 3.70. The first-order valence-corrected chi connectivity index (χ1v) is 9.45. The Hall–Kier alpha value is -2.79. The first kappa shape index (κ1) is 18.6. The number of fused-ring (bicyclic) bond motifs is 1. The number of para-hydroxylation sites is 1. The summed E-state index contributed by atoms with van der Waals surface area (Å²) in [4.78, 5) is 21.0. The number of hydrogen-bond acceptors (Lipinski definition) is 5. The van der Waals surface area contributed by atoms with Crippen LogP contribution in [0.5, 0.6) is 0 Å². The van der Waals surface area contributed by atoms with Crippen molar-refractivity contribution in [2.75, 3.05) is 5.32 Å². The summed E-state index contributed by atoms with van der Waals surface area (Å²) in [5.74, 6) is -1.48. The fourth-order valence-corrected chi connectivity index (χ4v) is 3.53. The summed E-state index contributed by atoms with van der Waals surface area (Å²) >= 11 is 4.53. The van der Waals surface area contributed by atoms with Crippen molar-refractivity contribution in [2.45, 2.75) is 6.18 Å². The monoisotopic (exact) mass is 467 g/mol. The molecule has 0 atom stereocenters. The van der Waals surface area contributed by atoms with E-state index in [4.69, 9.17) is 0 Å². The van der Waals surface area contributed by atoms with Crippen LogP contribution in [0.3, 0.4) is 0 Å². The van der Waals surface area contributed by atoms with Crippen LogP contribution in [0, 0.1) is 0 Å². The molecule has 11 heteroatoms. The Balaban J connectivity index is 1.79. The summed E-state index contributed by atoms with van der Waals surface area (Å²) in [6.45, 7) is 0. The molecule has 0 aliphatic heterocycles. The Kier molecular flexibility index (Phi) is 4.63. The van der Waals surface area contributed by atoms with Crippen LogP contribution in [0.2, 0.25) is 0 Å². The van der Waals surface area contributed by atoms with Crippen molar-refractivity contribution in [1.29, 1.82) is 0 Å². The highest BCUT2D eigenvalue weighted by atomic mass is 79.9. The highest BCUT2D eigenvalue weighted by molar-refractivity contribution is 9.10. The van der Waals surface area contributed by atoms with Crippen LogP contribution in [-0.2, 0) is 6.18 Å². The molecule has 1 N–H and O–H groups in total. The van der Waals surface area contributed by atoms with Crippen molar-refractivity contribution in [1.82, 2.24) is 19.6 Å². The standard InChI is InChI=1S/C17H9BrF3N5OS/c18-9-4-1-2-5-10(9)22-15(27)14-24-16-23-11(12-6-3-7-28-12)8-13(17(19,20)21)26(16)25-14/h1-8H,(H,22,27). The van der Waals surface area contributed by atoms with Crippen molar-refractivity contribution in [3.8, 4) is 10.6 Å². The maximum Gasteiger partial charge on any atom is 0.433 e. The number of nitrogens with one attached hydrogen (secondary N) is 1. The van der Waals surface area contributed by atoms with Gasteiger partial charge in [0.1, 0.15) is 0 Å². The number of rotatable bonds is 3. The molecule has 1 aromatic carbocycles. The Morgan fingerprint density at radius 1 is 1.14 bits per heavy atom. The average Bonchev–Trinajstić information content (AvgIpc) is 3.31. The Labute approximate surface area is 168 Å². The Morgan fingerprint density at radius 2 is 1.93 bits per heavy atom. The Morgan fingerprint density at radius 3 is 2.61 bits per heavy atom. The first-order valence-electron chi connectivity index (χ1n) is 7.78. The van der Waals surface area contributed by atoms with Gasteiger partial charge in [0, 0.05) is 4.47 Å². The number of hydrogen-bond donors (Lipinski definition) is 1. The van der Waals surface area contributed by atoms with Gasteiger partial charge in [-0.15, -0.1) is 16.4 Å². The van der Waals surface area contributed by atoms with Gasteiger partial charge in [-0.05, 0) is 45.6 Å². The maximum atomic E-state index is 13.5. The van der Waals surface area contributed by atoms with Crippen LogP contribution >= 0.6 is 27.3 Å². The maximum absolute atomic E-state index is 13.5. The van der Waals surface area contributed by atoms with Gasteiger partial charge >= 0.3 is 6.18 Å². The van der Waals surface area contributed by atoms with E-state index in [0.29, 0.717) is 19.6 Å². The minimum absolute atomic E-state index is 0.111. The fraction of sp³-hybridized carbons (Fsp3) is 0.0588. The van der Waals surface area contributed by atoms with Gasteiger partial charge in [0.05, 0.1) is 16.3 Å². The summed E-state index contributed by atoms with van der Waals surface area (Å²) in [6.07, 6.45) is -4.70. The van der Waals surface area contributed by atoms with E-state index >= 15 is 0 Å². The largest absolute Gasteiger partial charge is 0.433 e. The van der Waals surface area contributed by atoms with Crippen molar-refractivity contribution < 1.29 is 18.0 Å². The molecule has 142 valence electrons. The van der Waals surface area contributed by atoms with Crippen LogP contribution in [0.15, 0.2) is 52.3 Å². The average molecular weight is 468 g/mol. The van der Waals surface area contributed by atoms with E-state index in [-0.39, 0.29) is 11.5 Å². The van der Waals surface area contributed by atoms with Crippen LogP contribution in [-0.4, -0.2) is 25.5 Å². The van der Waals surface area contributed by atoms with E-state index in [2.05, 4.69) is 36.3 Å². The number of benzene rings is 1. The predicted octanol–water partition coefficient (Wildman–Crippen LogP) is 4.89. The quantitative estimate of drug-likeness (QED) is 0.465. The molecule has 6 nitrogen and oxygen atoms in total. The number of amides is 1. The minimum atomic E-state index is -4.70. The zero-order valence-electron chi connectivity index (χ0n) is 13.7. The number of alkyl halides is 3. The lowest BCUT2D eigenvalue weighted by Gasteiger charge is -2.09. The van der Waals surface area contributed by atoms with E-state index < -0.39 is 23.6 Å². The minimum Gasteiger partial charge on any atom is -0.318 e. The number of halogens is 4. The summed E-state index contributed by atoms with van der Waals surface area (Å²) < 4.78 is 41.7. The third kappa shape index (κ3) is 3.50. The molecule has 0 aliphatic rings. The van der Waals surface area contributed by atoms with E-state index in [9.17, 15) is 18.0 Å². The van der Waals surface area contributed by atoms with Crippen molar-refractivity contribution in [3.63, 3.8) is 0 Å². The molecule has 28 heavy (non-hydrogen) atoms. The number of thiophene rings is 1. The van der Waals surface area contributed by atoms with Gasteiger partial charge < -0.3 is 5.32 Å². The Bertz CT molecular complexity index is 1170. The molecule has 0 saturated carbocycles. The van der Waals surface area contributed by atoms with Gasteiger partial charge in [-0.25, -0.2) is 4.98 Å². The summed E-state index contributed by atoms with van der Waals surface area (Å²) in [7, 11) is 0. The highest BCUT2D eigenvalue weighted by Gasteiger charge is 2.36. The lowest BCUT2D eigenvalue weighted by molar-refractivity contribution is -0.142. The lowest BCUT2D eigenvalue weighted by atomic mass is 10.3. The second kappa shape index (κ2) is 6.99. The van der Waals surface area contributed by atoms with Crippen LogP contribution in [0.4, 0.5) is 18.9 Å². The van der Waals surface area contributed by atoms with E-state index in [1.807, 2.05) is 0 Å². The second-order valence-electron chi connectivity index (χ2n) is 5.58. The molecule has 0 fully saturated rings. The summed E-state index contributed by atoms with van der Waals surface area (Å²) in [5, 5.41) is 8.01. The smallest absolute Gasteiger partial charge is 0.318 e. The molecular weight excluding hydrogens is 459 g/mol. The number of carbonyl (C=O) groups excluding carboxylic acids is 1. The third-order valence-corrected chi connectivity index (χ3v) is 5.29. The van der Waals surface area contributed by atoms with Crippen LogP contribution in [0.1, 0.15) is 16.3 Å². The molecule has 0 radical (unpaired) electrons. The van der Waals surface area contributed by atoms with Crippen LogP contribution < -0.4 is 5.32 Å². The topological polar surface area (TPSA) is 72.2 Å². The number of aromatic nitrogens is 4.